The fourth-order valence-electron chi connectivity index (χ4n) is 1.85. The van der Waals surface area contributed by atoms with E-state index in [0.29, 0.717) is 5.88 Å². The van der Waals surface area contributed by atoms with Crippen LogP contribution >= 0.6 is 19.2 Å². The summed E-state index contributed by atoms with van der Waals surface area (Å²) in [4.78, 5) is 0. The first kappa shape index (κ1) is 18.4. The van der Waals surface area contributed by atoms with Crippen LogP contribution in [0, 0.1) is 0 Å². The molecular formula is C16H24ClO3P. The smallest absolute Gasteiger partial charge is 0.306 e. The normalized spacial score (nSPS) is 12.7. The van der Waals surface area contributed by atoms with Gasteiger partial charge in [-0.05, 0) is 38.8 Å². The zero-order valence-corrected chi connectivity index (χ0v) is 14.7. The summed E-state index contributed by atoms with van der Waals surface area (Å²) in [6.45, 7) is 7.40. The first-order valence-electron chi connectivity index (χ1n) is 7.12. The minimum absolute atomic E-state index is 0.137. The topological polar surface area (TPSA) is 35.5 Å². The van der Waals surface area contributed by atoms with E-state index >= 15 is 0 Å². The first-order valence-corrected chi connectivity index (χ1v) is 9.38. The molecule has 0 aliphatic heterocycles. The summed E-state index contributed by atoms with van der Waals surface area (Å²) < 4.78 is 23.6. The van der Waals surface area contributed by atoms with E-state index in [4.69, 9.17) is 20.6 Å². The van der Waals surface area contributed by atoms with Gasteiger partial charge in [-0.3, -0.25) is 4.57 Å². The number of allylic oxidation sites excluding steroid dienone is 1. The molecule has 1 rings (SSSR count). The average molecular weight is 331 g/mol. The Hall–Kier alpha value is -0.600. The van der Waals surface area contributed by atoms with Crippen LogP contribution in [0.1, 0.15) is 38.8 Å². The number of benzene rings is 1. The van der Waals surface area contributed by atoms with Crippen molar-refractivity contribution in [3.8, 4) is 0 Å². The van der Waals surface area contributed by atoms with Crippen molar-refractivity contribution in [3.63, 3.8) is 0 Å². The van der Waals surface area contributed by atoms with Crippen LogP contribution in [0.15, 0.2) is 30.3 Å². The molecular weight excluding hydrogens is 307 g/mol. The molecule has 0 aromatic heterocycles. The lowest BCUT2D eigenvalue weighted by atomic mass is 10.1. The van der Waals surface area contributed by atoms with Gasteiger partial charge in [-0.25, -0.2) is 0 Å². The zero-order valence-electron chi connectivity index (χ0n) is 13.1. The first-order chi connectivity index (χ1) is 9.84. The third-order valence-electron chi connectivity index (χ3n) is 2.49. The van der Waals surface area contributed by atoms with Crippen LogP contribution in [0.5, 0.6) is 0 Å². The van der Waals surface area contributed by atoms with Gasteiger partial charge in [0, 0.05) is 5.88 Å². The van der Waals surface area contributed by atoms with Gasteiger partial charge in [0.05, 0.1) is 18.4 Å². The van der Waals surface area contributed by atoms with Crippen LogP contribution in [0.3, 0.4) is 0 Å². The molecule has 3 nitrogen and oxygen atoms in total. The Labute approximate surface area is 132 Å². The number of rotatable bonds is 8. The number of halogens is 1. The Morgan fingerprint density at radius 1 is 1.19 bits per heavy atom. The molecule has 0 heterocycles. The lowest BCUT2D eigenvalue weighted by Gasteiger charge is -2.21. The van der Waals surface area contributed by atoms with Crippen LogP contribution in [0.4, 0.5) is 0 Å². The molecule has 0 atom stereocenters. The van der Waals surface area contributed by atoms with Crippen molar-refractivity contribution in [2.24, 2.45) is 0 Å². The highest BCUT2D eigenvalue weighted by molar-refractivity contribution is 7.54. The largest absolute Gasteiger partial charge is 0.334 e. The summed E-state index contributed by atoms with van der Waals surface area (Å²) in [6.07, 6.45) is 3.73. The minimum atomic E-state index is -3.10. The minimum Gasteiger partial charge on any atom is -0.306 e. The van der Waals surface area contributed by atoms with Crippen LogP contribution in [0.2, 0.25) is 0 Å². The van der Waals surface area contributed by atoms with E-state index < -0.39 is 7.60 Å². The van der Waals surface area contributed by atoms with Crippen molar-refractivity contribution in [1.29, 1.82) is 0 Å². The molecule has 0 radical (unpaired) electrons. The van der Waals surface area contributed by atoms with Gasteiger partial charge in [0.15, 0.2) is 0 Å². The van der Waals surface area contributed by atoms with E-state index in [1.807, 2.05) is 64.1 Å². The highest BCUT2D eigenvalue weighted by Crippen LogP contribution is 2.50. The molecule has 21 heavy (non-hydrogen) atoms. The van der Waals surface area contributed by atoms with E-state index in [-0.39, 0.29) is 18.4 Å². The van der Waals surface area contributed by atoms with E-state index in [0.717, 1.165) is 11.1 Å². The fraction of sp³-hybridized carbons (Fsp3) is 0.500. The molecule has 0 unspecified atom stereocenters. The van der Waals surface area contributed by atoms with Crippen molar-refractivity contribution in [2.75, 3.05) is 6.16 Å². The maximum atomic E-state index is 12.6. The molecule has 5 heteroatoms. The monoisotopic (exact) mass is 330 g/mol. The van der Waals surface area contributed by atoms with Crippen molar-refractivity contribution in [2.45, 2.75) is 45.8 Å². The maximum Gasteiger partial charge on any atom is 0.334 e. The van der Waals surface area contributed by atoms with E-state index in [2.05, 4.69) is 0 Å². The molecule has 0 spiro atoms. The molecule has 0 aliphatic carbocycles. The Kier molecular flexibility index (Phi) is 7.69. The second-order valence-corrected chi connectivity index (χ2v) is 7.66. The molecule has 0 amide bonds. The second-order valence-electron chi connectivity index (χ2n) is 5.38. The maximum absolute atomic E-state index is 12.6. The molecule has 1 aromatic carbocycles. The molecule has 0 N–H and O–H groups in total. The molecule has 0 bridgehead atoms. The van der Waals surface area contributed by atoms with Crippen LogP contribution in [-0.2, 0) is 19.5 Å². The van der Waals surface area contributed by atoms with E-state index in [1.165, 1.54) is 0 Å². The van der Waals surface area contributed by atoms with Crippen LogP contribution in [-0.4, -0.2) is 18.4 Å². The summed E-state index contributed by atoms with van der Waals surface area (Å²) in [6, 6.07) is 7.90. The van der Waals surface area contributed by atoms with Gasteiger partial charge >= 0.3 is 7.60 Å². The van der Waals surface area contributed by atoms with Crippen molar-refractivity contribution in [1.82, 2.24) is 0 Å². The predicted molar refractivity (Wildman–Crippen MR) is 89.9 cm³/mol. The standard InChI is InChI=1S/C16H24ClO3P/c1-13(2)19-21(18,20-14(3)4)10-6-9-15-7-5-8-16(11-15)12-17/h5-9,11,13-14H,10,12H2,1-4H3/b9-6+. The van der Waals surface area contributed by atoms with Gasteiger partial charge in [-0.2, -0.15) is 0 Å². The molecule has 1 aromatic rings. The molecule has 0 saturated carbocycles. The summed E-state index contributed by atoms with van der Waals surface area (Å²) >= 11 is 5.81. The lowest BCUT2D eigenvalue weighted by molar-refractivity contribution is 0.144. The number of hydrogen-bond acceptors (Lipinski definition) is 3. The number of alkyl halides is 1. The second kappa shape index (κ2) is 8.75. The Morgan fingerprint density at radius 2 is 1.81 bits per heavy atom. The molecule has 0 fully saturated rings. The zero-order chi connectivity index (χ0) is 15.9. The average Bonchev–Trinajstić information content (AvgIpc) is 2.36. The Morgan fingerprint density at radius 3 is 2.33 bits per heavy atom. The SMILES string of the molecule is CC(C)OP(=O)(C/C=C/c1cccc(CCl)c1)OC(C)C. The van der Waals surface area contributed by atoms with Gasteiger partial charge in [0.2, 0.25) is 0 Å². The van der Waals surface area contributed by atoms with Gasteiger partial charge < -0.3 is 9.05 Å². The van der Waals surface area contributed by atoms with Crippen molar-refractivity contribution >= 4 is 25.3 Å². The highest BCUT2D eigenvalue weighted by Gasteiger charge is 2.25. The summed E-state index contributed by atoms with van der Waals surface area (Å²) in [5.41, 5.74) is 2.08. The van der Waals surface area contributed by atoms with Crippen LogP contribution in [0.25, 0.3) is 6.08 Å². The molecule has 0 aliphatic rings. The third kappa shape index (κ3) is 7.28. The van der Waals surface area contributed by atoms with Gasteiger partial charge in [0.1, 0.15) is 0 Å². The Balaban J connectivity index is 2.75. The highest BCUT2D eigenvalue weighted by atomic mass is 35.5. The summed E-state index contributed by atoms with van der Waals surface area (Å²) in [5, 5.41) is 0. The van der Waals surface area contributed by atoms with Gasteiger partial charge in [-0.15, -0.1) is 11.6 Å². The van der Waals surface area contributed by atoms with E-state index in [1.54, 1.807) is 0 Å². The predicted octanol–water partition coefficient (Wildman–Crippen LogP) is 5.48. The fourth-order valence-corrected chi connectivity index (χ4v) is 3.89. The van der Waals surface area contributed by atoms with Crippen molar-refractivity contribution in [3.05, 3.63) is 41.5 Å². The molecule has 0 saturated heterocycles. The Bertz CT molecular complexity index is 498. The van der Waals surface area contributed by atoms with E-state index in [9.17, 15) is 4.57 Å². The quantitative estimate of drug-likeness (QED) is 0.467. The summed E-state index contributed by atoms with van der Waals surface area (Å²) in [5.74, 6) is 0.479. The lowest BCUT2D eigenvalue weighted by Crippen LogP contribution is -2.09. The number of hydrogen-bond donors (Lipinski definition) is 0. The van der Waals surface area contributed by atoms with Crippen molar-refractivity contribution < 1.29 is 13.6 Å². The van der Waals surface area contributed by atoms with Gasteiger partial charge in [-0.1, -0.05) is 36.4 Å². The summed E-state index contributed by atoms with van der Waals surface area (Å²) in [7, 11) is -3.10. The molecule has 118 valence electrons. The third-order valence-corrected chi connectivity index (χ3v) is 4.94. The van der Waals surface area contributed by atoms with Crippen LogP contribution < -0.4 is 0 Å². The van der Waals surface area contributed by atoms with Gasteiger partial charge in [0.25, 0.3) is 0 Å².